The number of rotatable bonds is 5. The standard InChI is InChI=1S/C23H17Cl2F7N2O2S/c1-37-10-18(35)34-9-16(26)20(34)12-4-2-11(3-5-12)17-8-21(36-33-17,23(30,31)32)13-6-14(22(27,28)29)19(25)15(24)7-13/h2-7,16,20H,8-10H2,1H3. The minimum atomic E-state index is -5.18. The van der Waals surface area contributed by atoms with Gasteiger partial charge in [0.2, 0.25) is 5.91 Å². The Morgan fingerprint density at radius 1 is 1.16 bits per heavy atom. The van der Waals surface area contributed by atoms with Crippen LogP contribution in [-0.4, -0.2) is 47.4 Å². The summed E-state index contributed by atoms with van der Waals surface area (Å²) in [6.45, 7) is -0.0516. The Hall–Kier alpha value is -2.18. The molecule has 2 aromatic rings. The van der Waals surface area contributed by atoms with Gasteiger partial charge in [-0.05, 0) is 29.5 Å². The van der Waals surface area contributed by atoms with Gasteiger partial charge in [0.15, 0.2) is 0 Å². The van der Waals surface area contributed by atoms with Crippen LogP contribution < -0.4 is 0 Å². The molecule has 0 aliphatic carbocycles. The molecule has 2 heterocycles. The van der Waals surface area contributed by atoms with Crippen LogP contribution in [0.2, 0.25) is 10.0 Å². The number of carbonyl (C=O) groups excluding carboxylic acids is 1. The molecule has 0 N–H and O–H groups in total. The van der Waals surface area contributed by atoms with Crippen LogP contribution in [0.5, 0.6) is 0 Å². The molecule has 14 heteroatoms. The van der Waals surface area contributed by atoms with Crippen molar-refractivity contribution in [2.45, 2.75) is 36.6 Å². The number of alkyl halides is 7. The Morgan fingerprint density at radius 3 is 2.35 bits per heavy atom. The second-order valence-electron chi connectivity index (χ2n) is 8.51. The van der Waals surface area contributed by atoms with Crippen LogP contribution in [0.25, 0.3) is 0 Å². The molecule has 0 bridgehead atoms. The van der Waals surface area contributed by atoms with Crippen molar-refractivity contribution in [2.24, 2.45) is 5.16 Å². The molecule has 0 saturated carbocycles. The summed E-state index contributed by atoms with van der Waals surface area (Å²) in [4.78, 5) is 18.4. The number of hydrogen-bond acceptors (Lipinski definition) is 4. The molecular weight excluding hydrogens is 572 g/mol. The van der Waals surface area contributed by atoms with Gasteiger partial charge >= 0.3 is 12.4 Å². The maximum Gasteiger partial charge on any atom is 0.435 e. The SMILES string of the molecule is CSCC(=O)N1CC(F)C1c1ccc(C2=NOC(c3cc(Cl)c(Cl)c(C(F)(F)F)c3)(C(F)(F)F)C2)cc1. The van der Waals surface area contributed by atoms with Crippen molar-refractivity contribution in [1.82, 2.24) is 4.90 Å². The summed E-state index contributed by atoms with van der Waals surface area (Å²) < 4.78 is 97.2. The number of oxime groups is 1. The highest BCUT2D eigenvalue weighted by Crippen LogP contribution is 2.51. The molecule has 2 aliphatic heterocycles. The zero-order chi connectivity index (χ0) is 27.3. The van der Waals surface area contributed by atoms with E-state index in [1.54, 1.807) is 6.26 Å². The summed E-state index contributed by atoms with van der Waals surface area (Å²) in [5.41, 5.74) is -5.25. The molecule has 1 amide bonds. The van der Waals surface area contributed by atoms with Gasteiger partial charge in [-0.25, -0.2) is 4.39 Å². The zero-order valence-electron chi connectivity index (χ0n) is 18.8. The molecule has 2 aliphatic rings. The van der Waals surface area contributed by atoms with E-state index in [1.165, 1.54) is 40.9 Å². The molecule has 37 heavy (non-hydrogen) atoms. The van der Waals surface area contributed by atoms with Gasteiger partial charge in [-0.3, -0.25) is 4.79 Å². The minimum Gasteiger partial charge on any atom is -0.374 e. The van der Waals surface area contributed by atoms with Gasteiger partial charge in [-0.15, -0.1) is 0 Å². The minimum absolute atomic E-state index is 0.0516. The largest absolute Gasteiger partial charge is 0.435 e. The summed E-state index contributed by atoms with van der Waals surface area (Å²) in [6.07, 6.45) is -10.7. The fourth-order valence-corrected chi connectivity index (χ4v) is 5.12. The van der Waals surface area contributed by atoms with Crippen molar-refractivity contribution >= 4 is 46.6 Å². The topological polar surface area (TPSA) is 41.9 Å². The van der Waals surface area contributed by atoms with Crippen LogP contribution in [0, 0.1) is 0 Å². The average molecular weight is 589 g/mol. The Kier molecular flexibility index (Phi) is 7.41. The first-order valence-corrected chi connectivity index (χ1v) is 12.8. The average Bonchev–Trinajstić information content (AvgIpc) is 3.26. The number of benzene rings is 2. The van der Waals surface area contributed by atoms with Gasteiger partial charge in [-0.1, -0.05) is 52.6 Å². The highest BCUT2D eigenvalue weighted by atomic mass is 35.5. The lowest BCUT2D eigenvalue weighted by atomic mass is 9.85. The molecule has 1 fully saturated rings. The zero-order valence-corrected chi connectivity index (χ0v) is 21.1. The number of amides is 1. The number of thioether (sulfide) groups is 1. The fraction of sp³-hybridized carbons (Fsp3) is 0.391. The maximum absolute atomic E-state index is 14.3. The molecule has 1 saturated heterocycles. The van der Waals surface area contributed by atoms with Crippen molar-refractivity contribution in [3.63, 3.8) is 0 Å². The molecular formula is C23H17Cl2F7N2O2S. The van der Waals surface area contributed by atoms with Crippen molar-refractivity contribution in [2.75, 3.05) is 18.6 Å². The molecule has 3 atom stereocenters. The van der Waals surface area contributed by atoms with Crippen molar-refractivity contribution in [3.8, 4) is 0 Å². The van der Waals surface area contributed by atoms with E-state index in [-0.39, 0.29) is 35.5 Å². The van der Waals surface area contributed by atoms with E-state index in [9.17, 15) is 35.5 Å². The lowest BCUT2D eigenvalue weighted by Gasteiger charge is -2.44. The van der Waals surface area contributed by atoms with Gasteiger partial charge in [0.05, 0.1) is 39.7 Å². The molecule has 200 valence electrons. The maximum atomic E-state index is 14.3. The van der Waals surface area contributed by atoms with E-state index in [4.69, 9.17) is 28.0 Å². The van der Waals surface area contributed by atoms with E-state index < -0.39 is 57.8 Å². The predicted molar refractivity (Wildman–Crippen MR) is 126 cm³/mol. The highest BCUT2D eigenvalue weighted by molar-refractivity contribution is 7.99. The monoisotopic (exact) mass is 588 g/mol. The molecule has 0 spiro atoms. The number of hydrogen-bond donors (Lipinski definition) is 0. The molecule has 3 unspecified atom stereocenters. The summed E-state index contributed by atoms with van der Waals surface area (Å²) >= 11 is 12.6. The Balaban J connectivity index is 1.63. The van der Waals surface area contributed by atoms with E-state index in [2.05, 4.69) is 5.16 Å². The Morgan fingerprint density at radius 2 is 1.81 bits per heavy atom. The van der Waals surface area contributed by atoms with Crippen LogP contribution in [0.4, 0.5) is 30.7 Å². The first kappa shape index (κ1) is 27.8. The third-order valence-electron chi connectivity index (χ3n) is 6.21. The fourth-order valence-electron chi connectivity index (χ4n) is 4.27. The lowest BCUT2D eigenvalue weighted by Crippen LogP contribution is -2.54. The van der Waals surface area contributed by atoms with Gasteiger partial charge in [0.25, 0.3) is 5.60 Å². The summed E-state index contributed by atoms with van der Waals surface area (Å²) in [6, 6.07) is 5.81. The quantitative estimate of drug-likeness (QED) is 0.347. The van der Waals surface area contributed by atoms with Crippen LogP contribution >= 0.6 is 35.0 Å². The molecule has 0 aromatic heterocycles. The number of halogens is 9. The Bertz CT molecular complexity index is 1240. The van der Waals surface area contributed by atoms with Gasteiger partial charge < -0.3 is 9.74 Å². The highest BCUT2D eigenvalue weighted by Gasteiger charge is 2.63. The molecule has 2 aromatic carbocycles. The van der Waals surface area contributed by atoms with E-state index in [0.717, 1.165) is 0 Å². The van der Waals surface area contributed by atoms with E-state index in [0.29, 0.717) is 11.6 Å². The second kappa shape index (κ2) is 9.85. The molecule has 4 nitrogen and oxygen atoms in total. The van der Waals surface area contributed by atoms with Crippen molar-refractivity contribution in [1.29, 1.82) is 0 Å². The van der Waals surface area contributed by atoms with Crippen molar-refractivity contribution in [3.05, 3.63) is 68.7 Å². The number of carbonyl (C=O) groups is 1. The van der Waals surface area contributed by atoms with Crippen LogP contribution in [-0.2, 0) is 21.4 Å². The first-order chi connectivity index (χ1) is 17.2. The van der Waals surface area contributed by atoms with Gasteiger partial charge in [0.1, 0.15) is 6.17 Å². The normalized spacial score (nSPS) is 23.9. The molecule has 4 rings (SSSR count). The predicted octanol–water partition coefficient (Wildman–Crippen LogP) is 7.18. The first-order valence-electron chi connectivity index (χ1n) is 10.6. The third kappa shape index (κ3) is 4.99. The van der Waals surface area contributed by atoms with Crippen LogP contribution in [0.3, 0.4) is 0 Å². The summed E-state index contributed by atoms with van der Waals surface area (Å²) in [5, 5.41) is 1.88. The van der Waals surface area contributed by atoms with Crippen molar-refractivity contribution < 1.29 is 40.4 Å². The Labute approximate surface area is 220 Å². The van der Waals surface area contributed by atoms with E-state index >= 15 is 0 Å². The number of nitrogens with zero attached hydrogens (tertiary/aromatic N) is 2. The summed E-state index contributed by atoms with van der Waals surface area (Å²) in [5.74, 6) is -0.0569. The molecule has 0 radical (unpaired) electrons. The smallest absolute Gasteiger partial charge is 0.374 e. The van der Waals surface area contributed by atoms with Gasteiger partial charge in [-0.2, -0.15) is 38.1 Å². The van der Waals surface area contributed by atoms with Crippen LogP contribution in [0.15, 0.2) is 41.6 Å². The number of likely N-dealkylation sites (tertiary alicyclic amines) is 1. The van der Waals surface area contributed by atoms with Crippen LogP contribution in [0.1, 0.15) is 34.7 Å². The lowest BCUT2D eigenvalue weighted by molar-refractivity contribution is -0.276. The van der Waals surface area contributed by atoms with Gasteiger partial charge in [0, 0.05) is 12.0 Å². The van der Waals surface area contributed by atoms with E-state index in [1.807, 2.05) is 0 Å². The second-order valence-corrected chi connectivity index (χ2v) is 10.2. The third-order valence-corrected chi connectivity index (χ3v) is 7.55. The summed E-state index contributed by atoms with van der Waals surface area (Å²) in [7, 11) is 0.